The van der Waals surface area contributed by atoms with Crippen molar-refractivity contribution in [3.63, 3.8) is 0 Å². The highest BCUT2D eigenvalue weighted by atomic mass is 19.2. The van der Waals surface area contributed by atoms with Crippen LogP contribution in [0.25, 0.3) is 10.8 Å². The van der Waals surface area contributed by atoms with E-state index in [9.17, 15) is 13.6 Å². The number of fused-ring (bicyclic) bond motifs is 1. The largest absolute Gasteiger partial charge is 0.294 e. The minimum atomic E-state index is -0.942. The summed E-state index contributed by atoms with van der Waals surface area (Å²) >= 11 is 0. The lowest BCUT2D eigenvalue weighted by atomic mass is 9.98. The lowest BCUT2D eigenvalue weighted by Gasteiger charge is -2.06. The molecule has 0 aliphatic rings. The number of ketones is 1. The molecule has 0 spiro atoms. The van der Waals surface area contributed by atoms with E-state index in [2.05, 4.69) is 4.98 Å². The molecule has 0 aliphatic carbocycles. The summed E-state index contributed by atoms with van der Waals surface area (Å²) in [4.78, 5) is 16.4. The lowest BCUT2D eigenvalue weighted by Crippen LogP contribution is -2.05. The highest BCUT2D eigenvalue weighted by Crippen LogP contribution is 2.20. The van der Waals surface area contributed by atoms with Crippen LogP contribution >= 0.6 is 0 Å². The van der Waals surface area contributed by atoms with Crippen molar-refractivity contribution in [2.75, 3.05) is 0 Å². The average molecular weight is 283 g/mol. The average Bonchev–Trinajstić information content (AvgIpc) is 2.50. The van der Waals surface area contributed by atoms with Crippen LogP contribution in [0.1, 0.15) is 15.9 Å². The molecule has 1 heterocycles. The summed E-state index contributed by atoms with van der Waals surface area (Å²) in [5.74, 6) is -2.00. The highest BCUT2D eigenvalue weighted by Gasteiger charge is 2.12. The van der Waals surface area contributed by atoms with Crippen molar-refractivity contribution < 1.29 is 13.6 Å². The summed E-state index contributed by atoms with van der Waals surface area (Å²) in [5, 5.41) is 1.67. The molecule has 0 atom stereocenters. The molecule has 0 bridgehead atoms. The van der Waals surface area contributed by atoms with Gasteiger partial charge in [0.2, 0.25) is 0 Å². The van der Waals surface area contributed by atoms with Gasteiger partial charge in [0.25, 0.3) is 0 Å². The molecule has 21 heavy (non-hydrogen) atoms. The van der Waals surface area contributed by atoms with Crippen LogP contribution in [0.5, 0.6) is 0 Å². The van der Waals surface area contributed by atoms with Crippen molar-refractivity contribution in [3.8, 4) is 0 Å². The van der Waals surface area contributed by atoms with Crippen molar-refractivity contribution in [1.82, 2.24) is 4.98 Å². The number of hydrogen-bond acceptors (Lipinski definition) is 2. The molecule has 0 amide bonds. The Kier molecular flexibility index (Phi) is 3.44. The van der Waals surface area contributed by atoms with Gasteiger partial charge in [0, 0.05) is 29.8 Å². The third-order valence-corrected chi connectivity index (χ3v) is 3.33. The van der Waals surface area contributed by atoms with Gasteiger partial charge in [-0.05, 0) is 29.1 Å². The number of hydrogen-bond donors (Lipinski definition) is 0. The van der Waals surface area contributed by atoms with Gasteiger partial charge in [0.1, 0.15) is 0 Å². The number of halogens is 2. The number of aromatic nitrogens is 1. The molecule has 0 aliphatic heterocycles. The van der Waals surface area contributed by atoms with Crippen LogP contribution in [0.3, 0.4) is 0 Å². The molecule has 0 saturated heterocycles. The second-order valence-electron chi connectivity index (χ2n) is 4.75. The first-order chi connectivity index (χ1) is 10.1. The van der Waals surface area contributed by atoms with E-state index in [1.807, 2.05) is 6.07 Å². The zero-order valence-corrected chi connectivity index (χ0v) is 11.0. The molecule has 2 aromatic carbocycles. The molecule has 3 rings (SSSR count). The minimum absolute atomic E-state index is 0.0264. The van der Waals surface area contributed by atoms with Crippen molar-refractivity contribution >= 4 is 16.6 Å². The molecular weight excluding hydrogens is 272 g/mol. The van der Waals surface area contributed by atoms with Gasteiger partial charge >= 0.3 is 0 Å². The van der Waals surface area contributed by atoms with Crippen molar-refractivity contribution in [3.05, 3.63) is 77.6 Å². The number of carbonyl (C=O) groups excluding carboxylic acids is 1. The lowest BCUT2D eigenvalue weighted by molar-refractivity contribution is 0.0994. The highest BCUT2D eigenvalue weighted by molar-refractivity contribution is 6.08. The van der Waals surface area contributed by atoms with Crippen molar-refractivity contribution in [2.45, 2.75) is 6.42 Å². The van der Waals surface area contributed by atoms with Crippen LogP contribution < -0.4 is 0 Å². The first-order valence-corrected chi connectivity index (χ1v) is 6.45. The second-order valence-corrected chi connectivity index (χ2v) is 4.75. The maximum absolute atomic E-state index is 13.2. The third-order valence-electron chi connectivity index (χ3n) is 3.33. The van der Waals surface area contributed by atoms with Crippen LogP contribution in [0.2, 0.25) is 0 Å². The summed E-state index contributed by atoms with van der Waals surface area (Å²) in [6.07, 6.45) is 3.33. The maximum Gasteiger partial charge on any atom is 0.167 e. The monoisotopic (exact) mass is 283 g/mol. The van der Waals surface area contributed by atoms with E-state index < -0.39 is 11.6 Å². The van der Waals surface area contributed by atoms with Crippen LogP contribution in [0.4, 0.5) is 8.78 Å². The summed E-state index contributed by atoms with van der Waals surface area (Å²) in [6.45, 7) is 0. The van der Waals surface area contributed by atoms with Gasteiger partial charge in [-0.2, -0.15) is 0 Å². The van der Waals surface area contributed by atoms with Crippen LogP contribution in [-0.4, -0.2) is 10.8 Å². The standard InChI is InChI=1S/C17H11F2NO/c18-15-5-4-11(8-16(15)19)9-17(21)14-3-1-2-12-10-20-7-6-13(12)14/h1-8,10H,9H2. The number of carbonyl (C=O) groups is 1. The molecule has 0 unspecified atom stereocenters. The van der Waals surface area contributed by atoms with E-state index in [4.69, 9.17) is 0 Å². The fourth-order valence-corrected chi connectivity index (χ4v) is 2.30. The normalized spacial score (nSPS) is 10.8. The number of rotatable bonds is 3. The van der Waals surface area contributed by atoms with E-state index in [-0.39, 0.29) is 12.2 Å². The van der Waals surface area contributed by atoms with Gasteiger partial charge in [-0.25, -0.2) is 8.78 Å². The Balaban J connectivity index is 1.95. The van der Waals surface area contributed by atoms with E-state index in [1.54, 1.807) is 30.6 Å². The number of Topliss-reactive ketones (excluding diaryl/α,β-unsaturated/α-hetero) is 1. The Hall–Kier alpha value is -2.62. The van der Waals surface area contributed by atoms with Gasteiger partial charge in [0.05, 0.1) is 0 Å². The van der Waals surface area contributed by atoms with Crippen molar-refractivity contribution in [2.24, 2.45) is 0 Å². The van der Waals surface area contributed by atoms with E-state index in [0.29, 0.717) is 11.1 Å². The minimum Gasteiger partial charge on any atom is -0.294 e. The van der Waals surface area contributed by atoms with E-state index in [0.717, 1.165) is 22.9 Å². The number of pyridine rings is 1. The fourth-order valence-electron chi connectivity index (χ4n) is 2.30. The first-order valence-electron chi connectivity index (χ1n) is 6.45. The molecule has 1 aromatic heterocycles. The molecule has 4 heteroatoms. The predicted molar refractivity (Wildman–Crippen MR) is 76.1 cm³/mol. The topological polar surface area (TPSA) is 30.0 Å². The summed E-state index contributed by atoms with van der Waals surface area (Å²) in [6, 6.07) is 10.7. The molecule has 3 aromatic rings. The summed E-state index contributed by atoms with van der Waals surface area (Å²) < 4.78 is 26.1. The molecule has 104 valence electrons. The zero-order chi connectivity index (χ0) is 14.8. The SMILES string of the molecule is O=C(Cc1ccc(F)c(F)c1)c1cccc2cnccc12. The van der Waals surface area contributed by atoms with Gasteiger partial charge in [-0.1, -0.05) is 24.3 Å². The smallest absolute Gasteiger partial charge is 0.167 e. The Morgan fingerprint density at radius 3 is 2.71 bits per heavy atom. The van der Waals surface area contributed by atoms with Crippen LogP contribution in [-0.2, 0) is 6.42 Å². The first kappa shape index (κ1) is 13.4. The molecule has 0 N–H and O–H groups in total. The van der Waals surface area contributed by atoms with Gasteiger partial charge in [-0.15, -0.1) is 0 Å². The Morgan fingerprint density at radius 1 is 1.05 bits per heavy atom. The second kappa shape index (κ2) is 5.40. The van der Waals surface area contributed by atoms with E-state index in [1.165, 1.54) is 6.07 Å². The summed E-state index contributed by atoms with van der Waals surface area (Å²) in [5.41, 5.74) is 1.00. The molecule has 2 nitrogen and oxygen atoms in total. The Labute approximate surface area is 120 Å². The fraction of sp³-hybridized carbons (Fsp3) is 0.0588. The Morgan fingerprint density at radius 2 is 1.90 bits per heavy atom. The van der Waals surface area contributed by atoms with Crippen LogP contribution in [0.15, 0.2) is 54.9 Å². The zero-order valence-electron chi connectivity index (χ0n) is 11.0. The predicted octanol–water partition coefficient (Wildman–Crippen LogP) is 3.94. The number of nitrogens with zero attached hydrogens (tertiary/aromatic N) is 1. The Bertz CT molecular complexity index is 825. The molecule has 0 fully saturated rings. The van der Waals surface area contributed by atoms with Gasteiger partial charge in [0.15, 0.2) is 17.4 Å². The van der Waals surface area contributed by atoms with Gasteiger partial charge in [-0.3, -0.25) is 9.78 Å². The summed E-state index contributed by atoms with van der Waals surface area (Å²) in [7, 11) is 0. The molecule has 0 radical (unpaired) electrons. The quantitative estimate of drug-likeness (QED) is 0.681. The molecule has 0 saturated carbocycles. The van der Waals surface area contributed by atoms with Gasteiger partial charge < -0.3 is 0 Å². The van der Waals surface area contributed by atoms with Crippen LogP contribution in [0, 0.1) is 11.6 Å². The van der Waals surface area contributed by atoms with Crippen molar-refractivity contribution in [1.29, 1.82) is 0 Å². The molecular formula is C17H11F2NO. The van der Waals surface area contributed by atoms with E-state index >= 15 is 0 Å². The maximum atomic E-state index is 13.2. The third kappa shape index (κ3) is 2.65. The number of benzene rings is 2.